The number of hydrogen-bond acceptors (Lipinski definition) is 5. The summed E-state index contributed by atoms with van der Waals surface area (Å²) in [6.07, 6.45) is 3.36. The average molecular weight is 273 g/mol. The minimum absolute atomic E-state index is 0.431. The van der Waals surface area contributed by atoms with Gasteiger partial charge in [0.25, 0.3) is 0 Å². The van der Waals surface area contributed by atoms with Crippen LogP contribution in [0.5, 0.6) is 5.75 Å². The molecule has 1 aromatic heterocycles. The van der Waals surface area contributed by atoms with Gasteiger partial charge in [-0.2, -0.15) is 4.98 Å². The van der Waals surface area contributed by atoms with E-state index in [4.69, 9.17) is 9.26 Å². The van der Waals surface area contributed by atoms with E-state index < -0.39 is 0 Å². The largest absolute Gasteiger partial charge is 0.496 e. The second kappa shape index (κ2) is 5.63. The van der Waals surface area contributed by atoms with Crippen molar-refractivity contribution in [1.82, 2.24) is 15.5 Å². The number of aromatic nitrogens is 2. The van der Waals surface area contributed by atoms with Crippen molar-refractivity contribution in [2.24, 2.45) is 5.92 Å². The monoisotopic (exact) mass is 273 g/mol. The van der Waals surface area contributed by atoms with Crippen molar-refractivity contribution in [1.29, 1.82) is 0 Å². The van der Waals surface area contributed by atoms with Crippen molar-refractivity contribution in [3.8, 4) is 17.1 Å². The van der Waals surface area contributed by atoms with Gasteiger partial charge in [0.1, 0.15) is 5.75 Å². The number of nitrogens with one attached hydrogen (secondary N) is 1. The Morgan fingerprint density at radius 3 is 2.90 bits per heavy atom. The number of ether oxygens (including phenoxy) is 1. The van der Waals surface area contributed by atoms with Crippen LogP contribution >= 0.6 is 0 Å². The summed E-state index contributed by atoms with van der Waals surface area (Å²) >= 11 is 0. The number of benzene rings is 1. The molecule has 1 aliphatic carbocycles. The highest BCUT2D eigenvalue weighted by molar-refractivity contribution is 5.63. The van der Waals surface area contributed by atoms with Crippen LogP contribution in [-0.2, 0) is 6.42 Å². The van der Waals surface area contributed by atoms with Crippen LogP contribution in [0.15, 0.2) is 28.8 Å². The Labute approximate surface area is 118 Å². The third-order valence-corrected chi connectivity index (χ3v) is 3.77. The van der Waals surface area contributed by atoms with Gasteiger partial charge < -0.3 is 14.6 Å². The second-order valence-electron chi connectivity index (χ2n) is 5.15. The van der Waals surface area contributed by atoms with Crippen LogP contribution < -0.4 is 10.1 Å². The van der Waals surface area contributed by atoms with Crippen LogP contribution in [0.25, 0.3) is 11.4 Å². The van der Waals surface area contributed by atoms with Crippen molar-refractivity contribution in [2.75, 3.05) is 14.2 Å². The maximum absolute atomic E-state index is 5.37. The van der Waals surface area contributed by atoms with Crippen LogP contribution in [0.3, 0.4) is 0 Å². The lowest BCUT2D eigenvalue weighted by Gasteiger charge is -2.11. The number of para-hydroxylation sites is 1. The highest BCUT2D eigenvalue weighted by Crippen LogP contribution is 2.34. The van der Waals surface area contributed by atoms with Crippen molar-refractivity contribution in [3.05, 3.63) is 30.2 Å². The summed E-state index contributed by atoms with van der Waals surface area (Å²) in [5, 5.41) is 7.40. The van der Waals surface area contributed by atoms with Gasteiger partial charge in [-0.3, -0.25) is 0 Å². The molecule has 1 atom stereocenters. The fourth-order valence-electron chi connectivity index (χ4n) is 2.47. The SMILES string of the molecule is CNC(Cc1nc(-c2ccccc2OC)no1)C1CC1. The zero-order valence-corrected chi connectivity index (χ0v) is 11.8. The Morgan fingerprint density at radius 1 is 1.40 bits per heavy atom. The Kier molecular flexibility index (Phi) is 3.69. The second-order valence-corrected chi connectivity index (χ2v) is 5.15. The van der Waals surface area contributed by atoms with Gasteiger partial charge in [-0.15, -0.1) is 0 Å². The van der Waals surface area contributed by atoms with E-state index in [1.807, 2.05) is 31.3 Å². The lowest BCUT2D eigenvalue weighted by molar-refractivity contribution is 0.352. The van der Waals surface area contributed by atoms with Crippen LogP contribution in [0, 0.1) is 5.92 Å². The minimum atomic E-state index is 0.431. The predicted octanol–water partition coefficient (Wildman–Crippen LogP) is 2.29. The average Bonchev–Trinajstić information content (AvgIpc) is 3.23. The topological polar surface area (TPSA) is 60.2 Å². The van der Waals surface area contributed by atoms with Gasteiger partial charge >= 0.3 is 0 Å². The number of hydrogen-bond donors (Lipinski definition) is 1. The van der Waals surface area contributed by atoms with E-state index in [9.17, 15) is 0 Å². The molecular formula is C15H19N3O2. The zero-order chi connectivity index (χ0) is 13.9. The maximum atomic E-state index is 5.37. The molecule has 1 heterocycles. The van der Waals surface area contributed by atoms with E-state index in [0.717, 1.165) is 23.7 Å². The summed E-state index contributed by atoms with van der Waals surface area (Å²) in [5.41, 5.74) is 0.859. The standard InChI is InChI=1S/C15H19N3O2/c1-16-12(10-7-8-10)9-14-17-15(18-20-14)11-5-3-4-6-13(11)19-2/h3-6,10,12,16H,7-9H2,1-2H3. The van der Waals surface area contributed by atoms with Gasteiger partial charge in [0.2, 0.25) is 11.7 Å². The molecule has 5 nitrogen and oxygen atoms in total. The molecule has 2 aromatic rings. The predicted molar refractivity (Wildman–Crippen MR) is 75.6 cm³/mol. The summed E-state index contributed by atoms with van der Waals surface area (Å²) in [4.78, 5) is 4.49. The van der Waals surface area contributed by atoms with Crippen molar-refractivity contribution in [2.45, 2.75) is 25.3 Å². The van der Waals surface area contributed by atoms with Crippen LogP contribution in [0.4, 0.5) is 0 Å². The van der Waals surface area contributed by atoms with E-state index in [1.54, 1.807) is 7.11 Å². The molecule has 1 aromatic carbocycles. The van der Waals surface area contributed by atoms with E-state index in [-0.39, 0.29) is 0 Å². The molecule has 1 saturated carbocycles. The van der Waals surface area contributed by atoms with Crippen molar-refractivity contribution >= 4 is 0 Å². The molecule has 3 rings (SSSR count). The van der Waals surface area contributed by atoms with Gasteiger partial charge in [-0.05, 0) is 37.9 Å². The summed E-state index contributed by atoms with van der Waals surface area (Å²) in [7, 11) is 3.63. The Hall–Kier alpha value is -1.88. The van der Waals surface area contributed by atoms with Gasteiger partial charge in [-0.1, -0.05) is 17.3 Å². The summed E-state index contributed by atoms with van der Waals surface area (Å²) in [5.74, 6) is 2.77. The van der Waals surface area contributed by atoms with E-state index in [2.05, 4.69) is 15.5 Å². The number of nitrogens with zero attached hydrogens (tertiary/aromatic N) is 2. The first kappa shape index (κ1) is 13.1. The first-order valence-electron chi connectivity index (χ1n) is 6.95. The molecule has 1 fully saturated rings. The Bertz CT molecular complexity index is 578. The van der Waals surface area contributed by atoms with Gasteiger partial charge in [-0.25, -0.2) is 0 Å². The molecule has 5 heteroatoms. The maximum Gasteiger partial charge on any atom is 0.228 e. The fourth-order valence-corrected chi connectivity index (χ4v) is 2.47. The van der Waals surface area contributed by atoms with E-state index >= 15 is 0 Å². The van der Waals surface area contributed by atoms with Crippen LogP contribution in [0.1, 0.15) is 18.7 Å². The summed E-state index contributed by atoms with van der Waals surface area (Å²) in [6.45, 7) is 0. The third-order valence-electron chi connectivity index (χ3n) is 3.77. The molecule has 1 aliphatic rings. The first-order chi connectivity index (χ1) is 9.81. The summed E-state index contributed by atoms with van der Waals surface area (Å²) < 4.78 is 10.7. The number of likely N-dealkylation sites (N-methyl/N-ethyl adjacent to an activating group) is 1. The Balaban J connectivity index is 1.79. The quantitative estimate of drug-likeness (QED) is 0.875. The normalized spacial score (nSPS) is 16.1. The zero-order valence-electron chi connectivity index (χ0n) is 11.8. The molecule has 1 unspecified atom stereocenters. The minimum Gasteiger partial charge on any atom is -0.496 e. The van der Waals surface area contributed by atoms with Gasteiger partial charge in [0, 0.05) is 12.5 Å². The van der Waals surface area contributed by atoms with Crippen molar-refractivity contribution < 1.29 is 9.26 Å². The highest BCUT2D eigenvalue weighted by Gasteiger charge is 2.31. The van der Waals surface area contributed by atoms with Crippen LogP contribution in [0.2, 0.25) is 0 Å². The molecule has 0 spiro atoms. The van der Waals surface area contributed by atoms with Crippen LogP contribution in [-0.4, -0.2) is 30.3 Å². The molecule has 0 bridgehead atoms. The number of rotatable bonds is 6. The van der Waals surface area contributed by atoms with Crippen molar-refractivity contribution in [3.63, 3.8) is 0 Å². The Morgan fingerprint density at radius 2 is 2.20 bits per heavy atom. The molecule has 106 valence electrons. The molecular weight excluding hydrogens is 254 g/mol. The molecule has 1 N–H and O–H groups in total. The molecule has 0 amide bonds. The molecule has 0 radical (unpaired) electrons. The third kappa shape index (κ3) is 2.67. The van der Waals surface area contributed by atoms with Gasteiger partial charge in [0.15, 0.2) is 0 Å². The van der Waals surface area contributed by atoms with Gasteiger partial charge in [0.05, 0.1) is 12.7 Å². The number of methoxy groups -OCH3 is 1. The van der Waals surface area contributed by atoms with E-state index in [1.165, 1.54) is 12.8 Å². The lowest BCUT2D eigenvalue weighted by atomic mass is 10.1. The lowest BCUT2D eigenvalue weighted by Crippen LogP contribution is -2.29. The summed E-state index contributed by atoms with van der Waals surface area (Å²) in [6, 6.07) is 8.12. The first-order valence-corrected chi connectivity index (χ1v) is 6.95. The molecule has 0 aliphatic heterocycles. The smallest absolute Gasteiger partial charge is 0.228 e. The molecule has 0 saturated heterocycles. The fraction of sp³-hybridized carbons (Fsp3) is 0.467. The highest BCUT2D eigenvalue weighted by atomic mass is 16.5. The van der Waals surface area contributed by atoms with E-state index in [0.29, 0.717) is 17.8 Å². The molecule has 20 heavy (non-hydrogen) atoms.